The molecule has 1 aromatic rings. The van der Waals surface area contributed by atoms with Crippen LogP contribution in [0.2, 0.25) is 0 Å². The van der Waals surface area contributed by atoms with E-state index < -0.39 is 0 Å². The Bertz CT molecular complexity index is 352. The zero-order valence-electron chi connectivity index (χ0n) is 8.16. The second-order valence-electron chi connectivity index (χ2n) is 2.91. The Labute approximate surface area is 84.0 Å². The van der Waals surface area contributed by atoms with E-state index in [0.29, 0.717) is 5.70 Å². The molecule has 0 unspecified atom stereocenters. The van der Waals surface area contributed by atoms with Crippen LogP contribution in [0.5, 0.6) is 0 Å². The summed E-state index contributed by atoms with van der Waals surface area (Å²) in [7, 11) is 0. The van der Waals surface area contributed by atoms with Crippen molar-refractivity contribution in [2.24, 2.45) is 0 Å². The molecule has 0 aliphatic heterocycles. The molecule has 0 saturated heterocycles. The molecule has 0 saturated carbocycles. The zero-order valence-corrected chi connectivity index (χ0v) is 8.16. The first-order valence-electron chi connectivity index (χ1n) is 4.38. The van der Waals surface area contributed by atoms with Crippen LogP contribution < -0.4 is 5.32 Å². The van der Waals surface area contributed by atoms with Gasteiger partial charge in [0.2, 0.25) is 0 Å². The molecule has 0 aliphatic carbocycles. The molecule has 0 atom stereocenters. The van der Waals surface area contributed by atoms with Gasteiger partial charge in [0.25, 0.3) is 0 Å². The fraction of sp³-hybridized carbons (Fsp3) is 0.0833. The van der Waals surface area contributed by atoms with Gasteiger partial charge in [-0.25, -0.2) is 0 Å². The highest BCUT2D eigenvalue weighted by Gasteiger charge is 1.98. The molecule has 1 N–H and O–H groups in total. The standard InChI is InChI=1S/C12H13NO/c1-3-10(2)12(9-14)13-11-7-5-4-6-8-11/h3-9,13H,1H2,2H3. The molecular formula is C12H13NO. The van der Waals surface area contributed by atoms with Crippen LogP contribution in [0, 0.1) is 0 Å². The number of allylic oxidation sites excluding steroid dienone is 3. The van der Waals surface area contributed by atoms with Crippen LogP contribution in [0.4, 0.5) is 5.69 Å². The van der Waals surface area contributed by atoms with Gasteiger partial charge in [0.05, 0.1) is 5.70 Å². The number of aldehydes is 1. The molecule has 0 amide bonds. The number of para-hydroxylation sites is 1. The Hall–Kier alpha value is -1.83. The monoisotopic (exact) mass is 187 g/mol. The fourth-order valence-electron chi connectivity index (χ4n) is 1.01. The predicted octanol–water partition coefficient (Wildman–Crippen LogP) is 2.76. The second kappa shape index (κ2) is 5.02. The molecule has 0 aromatic heterocycles. The van der Waals surface area contributed by atoms with Crippen molar-refractivity contribution < 1.29 is 4.79 Å². The molecule has 1 rings (SSSR count). The smallest absolute Gasteiger partial charge is 0.166 e. The molecule has 72 valence electrons. The molecule has 14 heavy (non-hydrogen) atoms. The normalized spacial score (nSPS) is 11.5. The molecule has 0 aliphatic rings. The minimum Gasteiger partial charge on any atom is -0.353 e. The first kappa shape index (κ1) is 10.3. The van der Waals surface area contributed by atoms with Gasteiger partial charge >= 0.3 is 0 Å². The van der Waals surface area contributed by atoms with Gasteiger partial charge in [-0.05, 0) is 24.6 Å². The van der Waals surface area contributed by atoms with Crippen molar-refractivity contribution in [1.82, 2.24) is 0 Å². The van der Waals surface area contributed by atoms with Crippen LogP contribution in [0.1, 0.15) is 6.92 Å². The summed E-state index contributed by atoms with van der Waals surface area (Å²) in [5.41, 5.74) is 2.28. The first-order chi connectivity index (χ1) is 6.77. The van der Waals surface area contributed by atoms with E-state index >= 15 is 0 Å². The lowest BCUT2D eigenvalue weighted by atomic mass is 10.2. The average Bonchev–Trinajstić information content (AvgIpc) is 2.26. The summed E-state index contributed by atoms with van der Waals surface area (Å²) in [5.74, 6) is 0. The van der Waals surface area contributed by atoms with Crippen molar-refractivity contribution in [2.45, 2.75) is 6.92 Å². The van der Waals surface area contributed by atoms with Gasteiger partial charge in [0, 0.05) is 5.69 Å². The molecule has 0 spiro atoms. The summed E-state index contributed by atoms with van der Waals surface area (Å²) in [6, 6.07) is 9.55. The number of rotatable bonds is 4. The Morgan fingerprint density at radius 3 is 2.50 bits per heavy atom. The summed E-state index contributed by atoms with van der Waals surface area (Å²) in [4.78, 5) is 10.7. The fourth-order valence-corrected chi connectivity index (χ4v) is 1.01. The number of nitrogens with one attached hydrogen (secondary N) is 1. The number of hydrogen-bond acceptors (Lipinski definition) is 2. The van der Waals surface area contributed by atoms with Crippen LogP contribution in [0.3, 0.4) is 0 Å². The van der Waals surface area contributed by atoms with Crippen molar-refractivity contribution in [3.63, 3.8) is 0 Å². The molecule has 2 nitrogen and oxygen atoms in total. The number of hydrogen-bond donors (Lipinski definition) is 1. The quantitative estimate of drug-likeness (QED) is 0.446. The maximum atomic E-state index is 10.7. The number of carbonyl (C=O) groups is 1. The summed E-state index contributed by atoms with van der Waals surface area (Å²) in [5, 5.41) is 3.02. The third-order valence-corrected chi connectivity index (χ3v) is 1.90. The highest BCUT2D eigenvalue weighted by molar-refractivity contribution is 5.80. The van der Waals surface area contributed by atoms with E-state index in [1.54, 1.807) is 6.08 Å². The van der Waals surface area contributed by atoms with Crippen molar-refractivity contribution in [1.29, 1.82) is 0 Å². The van der Waals surface area contributed by atoms with Crippen LogP contribution in [0.15, 0.2) is 54.3 Å². The van der Waals surface area contributed by atoms with Crippen LogP contribution in [0.25, 0.3) is 0 Å². The summed E-state index contributed by atoms with van der Waals surface area (Å²) >= 11 is 0. The second-order valence-corrected chi connectivity index (χ2v) is 2.91. The van der Waals surface area contributed by atoms with Crippen molar-refractivity contribution in [3.8, 4) is 0 Å². The van der Waals surface area contributed by atoms with Crippen molar-refractivity contribution in [2.75, 3.05) is 5.32 Å². The molecule has 0 fully saturated rings. The van der Waals surface area contributed by atoms with E-state index in [2.05, 4.69) is 11.9 Å². The number of carbonyl (C=O) groups excluding carboxylic acids is 1. The minimum absolute atomic E-state index is 0.547. The molecule has 0 bridgehead atoms. The van der Waals surface area contributed by atoms with Crippen LogP contribution in [-0.4, -0.2) is 6.29 Å². The van der Waals surface area contributed by atoms with Gasteiger partial charge < -0.3 is 5.32 Å². The van der Waals surface area contributed by atoms with E-state index in [9.17, 15) is 4.79 Å². The zero-order chi connectivity index (χ0) is 10.4. The maximum absolute atomic E-state index is 10.7. The van der Waals surface area contributed by atoms with Crippen molar-refractivity contribution in [3.05, 3.63) is 54.3 Å². The van der Waals surface area contributed by atoms with E-state index in [1.165, 1.54) is 0 Å². The van der Waals surface area contributed by atoms with Gasteiger partial charge in [-0.15, -0.1) is 0 Å². The van der Waals surface area contributed by atoms with Gasteiger partial charge in [-0.2, -0.15) is 0 Å². The third kappa shape index (κ3) is 2.59. The molecule has 2 heteroatoms. The van der Waals surface area contributed by atoms with Crippen molar-refractivity contribution >= 4 is 12.0 Å². The van der Waals surface area contributed by atoms with E-state index in [0.717, 1.165) is 17.5 Å². The highest BCUT2D eigenvalue weighted by Crippen LogP contribution is 2.10. The van der Waals surface area contributed by atoms with E-state index in [-0.39, 0.29) is 0 Å². The largest absolute Gasteiger partial charge is 0.353 e. The first-order valence-corrected chi connectivity index (χ1v) is 4.38. The third-order valence-electron chi connectivity index (χ3n) is 1.90. The highest BCUT2D eigenvalue weighted by atomic mass is 16.1. The van der Waals surface area contributed by atoms with Gasteiger partial charge in [0.15, 0.2) is 6.29 Å². The minimum atomic E-state index is 0.547. The maximum Gasteiger partial charge on any atom is 0.166 e. The predicted molar refractivity (Wildman–Crippen MR) is 59.0 cm³/mol. The van der Waals surface area contributed by atoms with E-state index in [4.69, 9.17) is 0 Å². The molecular weight excluding hydrogens is 174 g/mol. The van der Waals surface area contributed by atoms with Crippen LogP contribution >= 0.6 is 0 Å². The number of anilines is 1. The summed E-state index contributed by atoms with van der Waals surface area (Å²) in [6.07, 6.45) is 2.45. The molecule has 0 heterocycles. The lowest BCUT2D eigenvalue weighted by molar-refractivity contribution is -0.104. The van der Waals surface area contributed by atoms with Gasteiger partial charge in [-0.1, -0.05) is 30.9 Å². The number of benzene rings is 1. The Kier molecular flexibility index (Phi) is 3.68. The average molecular weight is 187 g/mol. The topological polar surface area (TPSA) is 29.1 Å². The SMILES string of the molecule is C=CC(C)=C(C=O)Nc1ccccc1. The van der Waals surface area contributed by atoms with E-state index in [1.807, 2.05) is 37.3 Å². The van der Waals surface area contributed by atoms with Gasteiger partial charge in [0.1, 0.15) is 0 Å². The Morgan fingerprint density at radius 1 is 1.36 bits per heavy atom. The lowest BCUT2D eigenvalue weighted by Crippen LogP contribution is -2.02. The Balaban J connectivity index is 2.87. The van der Waals surface area contributed by atoms with Gasteiger partial charge in [-0.3, -0.25) is 4.79 Å². The summed E-state index contributed by atoms with van der Waals surface area (Å²) < 4.78 is 0. The lowest BCUT2D eigenvalue weighted by Gasteiger charge is -2.06. The molecule has 0 radical (unpaired) electrons. The molecule has 1 aromatic carbocycles. The Morgan fingerprint density at radius 2 is 2.00 bits per heavy atom. The summed E-state index contributed by atoms with van der Waals surface area (Å²) in [6.45, 7) is 5.45. The van der Waals surface area contributed by atoms with Crippen LogP contribution in [-0.2, 0) is 4.79 Å².